The third-order valence-corrected chi connectivity index (χ3v) is 3.64. The number of fused-ring (bicyclic) bond motifs is 2. The Morgan fingerprint density at radius 1 is 1.58 bits per heavy atom. The Morgan fingerprint density at radius 2 is 2.25 bits per heavy atom. The van der Waals surface area contributed by atoms with Gasteiger partial charge in [0, 0.05) is 25.9 Å². The number of carboxylic acid groups (broad SMARTS) is 1. The van der Waals surface area contributed by atoms with Crippen LogP contribution in [0.3, 0.4) is 0 Å². The molecule has 3 heteroatoms. The number of hydrogen-bond acceptors (Lipinski definition) is 1. The zero-order valence-electron chi connectivity index (χ0n) is 7.55. The highest BCUT2D eigenvalue weighted by atomic mass is 24.3. The van der Waals surface area contributed by atoms with Crippen LogP contribution in [0.25, 0.3) is 0 Å². The molecule has 2 saturated carbocycles. The van der Waals surface area contributed by atoms with Crippen molar-refractivity contribution in [2.75, 3.05) is 0 Å². The van der Waals surface area contributed by atoms with Crippen LogP contribution in [0.5, 0.6) is 0 Å². The molecule has 1 N–H and O–H groups in total. The molecule has 2 fully saturated rings. The lowest BCUT2D eigenvalue weighted by atomic mass is 9.75. The fraction of sp³-hybridized carbons (Fsp3) is 0.889. The fourth-order valence-corrected chi connectivity index (χ4v) is 2.87. The molecule has 0 saturated heterocycles. The summed E-state index contributed by atoms with van der Waals surface area (Å²) in [6.45, 7) is 1.92. The van der Waals surface area contributed by atoms with E-state index < -0.39 is 5.97 Å². The maximum absolute atomic E-state index is 10.9. The van der Waals surface area contributed by atoms with E-state index in [2.05, 4.69) is 0 Å². The maximum Gasteiger partial charge on any atom is 0.309 e. The van der Waals surface area contributed by atoms with Crippen LogP contribution in [0, 0.1) is 17.3 Å². The van der Waals surface area contributed by atoms with E-state index in [1.807, 2.05) is 6.92 Å². The van der Waals surface area contributed by atoms with Crippen molar-refractivity contribution in [1.29, 1.82) is 0 Å². The Morgan fingerprint density at radius 3 is 2.50 bits per heavy atom. The third kappa shape index (κ3) is 1.27. The molecule has 0 aliphatic heterocycles. The Hall–Kier alpha value is 0.236. The molecule has 2 nitrogen and oxygen atoms in total. The molecule has 68 valence electrons. The van der Waals surface area contributed by atoms with E-state index in [4.69, 9.17) is 5.11 Å². The second-order valence-electron chi connectivity index (χ2n) is 4.30. The first-order chi connectivity index (χ1) is 5.13. The first-order valence-corrected chi connectivity index (χ1v) is 4.36. The number of carbonyl (C=O) groups is 1. The molecule has 0 aromatic carbocycles. The molecule has 12 heavy (non-hydrogen) atoms. The van der Waals surface area contributed by atoms with E-state index in [1.165, 1.54) is 12.8 Å². The monoisotopic (exact) mass is 182 g/mol. The van der Waals surface area contributed by atoms with E-state index in [0.29, 0.717) is 5.92 Å². The number of hydrogen-bond donors (Lipinski definition) is 1. The van der Waals surface area contributed by atoms with Crippen LogP contribution in [0.2, 0.25) is 0 Å². The topological polar surface area (TPSA) is 37.3 Å². The summed E-state index contributed by atoms with van der Waals surface area (Å²) in [5, 5.41) is 8.99. The molecule has 2 bridgehead atoms. The van der Waals surface area contributed by atoms with E-state index in [-0.39, 0.29) is 31.3 Å². The molecule has 0 spiro atoms. The van der Waals surface area contributed by atoms with Crippen molar-refractivity contribution in [1.82, 2.24) is 0 Å². The van der Waals surface area contributed by atoms with Gasteiger partial charge in [-0.2, -0.15) is 0 Å². The lowest BCUT2D eigenvalue weighted by Gasteiger charge is -2.28. The molecule has 2 rings (SSSR count). The first kappa shape index (κ1) is 10.3. The van der Waals surface area contributed by atoms with Gasteiger partial charge in [-0.1, -0.05) is 6.42 Å². The van der Waals surface area contributed by atoms with Gasteiger partial charge in [0.1, 0.15) is 0 Å². The van der Waals surface area contributed by atoms with Gasteiger partial charge in [0.25, 0.3) is 0 Å². The molecule has 0 aromatic heterocycles. The third-order valence-electron chi connectivity index (χ3n) is 3.64. The van der Waals surface area contributed by atoms with Crippen molar-refractivity contribution >= 4 is 29.0 Å². The summed E-state index contributed by atoms with van der Waals surface area (Å²) in [5.74, 6) is 0.621. The van der Waals surface area contributed by atoms with E-state index >= 15 is 0 Å². The Bertz CT molecular complexity index is 213. The molecule has 0 amide bonds. The van der Waals surface area contributed by atoms with Crippen LogP contribution in [-0.2, 0) is 4.79 Å². The van der Waals surface area contributed by atoms with Crippen molar-refractivity contribution in [3.63, 3.8) is 0 Å². The highest BCUT2D eigenvalue weighted by Crippen LogP contribution is 2.55. The van der Waals surface area contributed by atoms with Crippen molar-refractivity contribution in [3.8, 4) is 0 Å². The van der Waals surface area contributed by atoms with Gasteiger partial charge in [0.05, 0.1) is 5.41 Å². The number of aliphatic carboxylic acids is 1. The molecule has 0 heterocycles. The molecular weight excluding hydrogens is 164 g/mol. The minimum Gasteiger partial charge on any atom is -0.481 e. The Labute approximate surface area is 91.8 Å². The van der Waals surface area contributed by atoms with Crippen LogP contribution < -0.4 is 0 Å². The van der Waals surface area contributed by atoms with E-state index in [0.717, 1.165) is 18.8 Å². The molecule has 2 aliphatic carbocycles. The smallest absolute Gasteiger partial charge is 0.309 e. The van der Waals surface area contributed by atoms with Gasteiger partial charge in [-0.05, 0) is 38.0 Å². The summed E-state index contributed by atoms with van der Waals surface area (Å²) in [4.78, 5) is 10.9. The van der Waals surface area contributed by atoms with E-state index in [9.17, 15) is 4.79 Å². The van der Waals surface area contributed by atoms with Crippen molar-refractivity contribution < 1.29 is 12.8 Å². The molecule has 2 radical (unpaired) electrons. The molecule has 3 atom stereocenters. The van der Waals surface area contributed by atoms with Crippen LogP contribution in [0.15, 0.2) is 0 Å². The van der Waals surface area contributed by atoms with Gasteiger partial charge in [-0.25, -0.2) is 0 Å². The molecule has 0 aromatic rings. The largest absolute Gasteiger partial charge is 0.481 e. The summed E-state index contributed by atoms with van der Waals surface area (Å²) < 4.78 is 0. The summed E-state index contributed by atoms with van der Waals surface area (Å²) in [7, 11) is 0. The van der Waals surface area contributed by atoms with Gasteiger partial charge in [0.15, 0.2) is 0 Å². The Kier molecular flexibility index (Phi) is 2.74. The van der Waals surface area contributed by atoms with Crippen molar-refractivity contribution in [2.45, 2.75) is 32.6 Å². The van der Waals surface area contributed by atoms with Gasteiger partial charge in [0.2, 0.25) is 0 Å². The molecule has 2 aliphatic rings. The second-order valence-corrected chi connectivity index (χ2v) is 4.30. The highest BCUT2D eigenvalue weighted by molar-refractivity contribution is 5.75. The lowest BCUT2D eigenvalue weighted by Crippen LogP contribution is -2.32. The lowest BCUT2D eigenvalue weighted by molar-refractivity contribution is -0.151. The zero-order valence-corrected chi connectivity index (χ0v) is 8.96. The van der Waals surface area contributed by atoms with Crippen molar-refractivity contribution in [2.24, 2.45) is 17.3 Å². The maximum atomic E-state index is 10.9. The van der Waals surface area contributed by atoms with Crippen LogP contribution in [-0.4, -0.2) is 34.1 Å². The minimum atomic E-state index is -0.579. The summed E-state index contributed by atoms with van der Waals surface area (Å²) >= 11 is 0. The SMILES string of the molecule is CC1(C(=O)O)CC2CCC1C2.[HH].[HH].[Mg]. The van der Waals surface area contributed by atoms with Gasteiger partial charge in [-0.3, -0.25) is 4.79 Å². The Balaban J connectivity index is 0. The first-order valence-electron chi connectivity index (χ1n) is 4.36. The average Bonchev–Trinajstić information content (AvgIpc) is 2.45. The second kappa shape index (κ2) is 3.18. The number of carboxylic acids is 1. The molecular formula is C9H18MgO2. The van der Waals surface area contributed by atoms with Crippen LogP contribution in [0.4, 0.5) is 0 Å². The van der Waals surface area contributed by atoms with Gasteiger partial charge >= 0.3 is 5.97 Å². The highest BCUT2D eigenvalue weighted by Gasteiger charge is 2.52. The van der Waals surface area contributed by atoms with Gasteiger partial charge in [-0.15, -0.1) is 0 Å². The predicted molar refractivity (Wildman–Crippen MR) is 51.2 cm³/mol. The standard InChI is InChI=1S/C9H14O2.Mg.2H2/c1-9(8(10)11)5-6-2-3-7(9)4-6;;;/h6-7H,2-5H2,1H3,(H,10,11);;2*1H. The fourth-order valence-electron chi connectivity index (χ4n) is 2.87. The molecule has 3 unspecified atom stereocenters. The van der Waals surface area contributed by atoms with Gasteiger partial charge < -0.3 is 5.11 Å². The number of rotatable bonds is 1. The average molecular weight is 183 g/mol. The summed E-state index contributed by atoms with van der Waals surface area (Å²) in [5.41, 5.74) is -0.372. The normalized spacial score (nSPS) is 44.1. The summed E-state index contributed by atoms with van der Waals surface area (Å²) in [6, 6.07) is 0. The van der Waals surface area contributed by atoms with E-state index in [1.54, 1.807) is 0 Å². The summed E-state index contributed by atoms with van der Waals surface area (Å²) in [6.07, 6.45) is 4.51. The predicted octanol–water partition coefficient (Wildman–Crippen LogP) is 2.01. The minimum absolute atomic E-state index is 0. The quantitative estimate of drug-likeness (QED) is 0.630. The van der Waals surface area contributed by atoms with Crippen LogP contribution in [0.1, 0.15) is 35.5 Å². The zero-order chi connectivity index (χ0) is 8.06. The van der Waals surface area contributed by atoms with Crippen LogP contribution >= 0.6 is 0 Å². The van der Waals surface area contributed by atoms with Crippen molar-refractivity contribution in [3.05, 3.63) is 0 Å².